The number of nitriles is 1. The van der Waals surface area contributed by atoms with Crippen LogP contribution in [0.25, 0.3) is 0 Å². The molecule has 0 radical (unpaired) electrons. The fourth-order valence-electron chi connectivity index (χ4n) is 5.65. The number of hydrogen-bond acceptors (Lipinski definition) is 15. The zero-order valence-electron chi connectivity index (χ0n) is 28.0. The smallest absolute Gasteiger partial charge is 0.449 e. The summed E-state index contributed by atoms with van der Waals surface area (Å²) in [5.74, 6) is -1.32. The van der Waals surface area contributed by atoms with Crippen LogP contribution in [0.3, 0.4) is 0 Å². The Bertz CT molecular complexity index is 1780. The average Bonchev–Trinajstić information content (AvgIpc) is 3.45. The van der Waals surface area contributed by atoms with Gasteiger partial charge in [-0.1, -0.05) is 42.5 Å². The predicted octanol–water partition coefficient (Wildman–Crippen LogP) is 3.55. The number of aromatic nitrogens is 2. The normalized spacial score (nSPS) is 21.3. The van der Waals surface area contributed by atoms with Crippen molar-refractivity contribution in [3.63, 3.8) is 0 Å². The van der Waals surface area contributed by atoms with Crippen LogP contribution in [0, 0.1) is 21.4 Å². The minimum Gasteiger partial charge on any atom is -0.449 e. The molecule has 2 aromatic carbocycles. The van der Waals surface area contributed by atoms with Crippen molar-refractivity contribution in [3.8, 4) is 6.07 Å². The summed E-state index contributed by atoms with van der Waals surface area (Å²) in [6.07, 6.45) is -5.96. The molecule has 1 aromatic heterocycles. The van der Waals surface area contributed by atoms with Crippen LogP contribution in [0.1, 0.15) is 42.7 Å². The number of nitro benzene ring substituents is 1. The van der Waals surface area contributed by atoms with Crippen molar-refractivity contribution in [1.29, 1.82) is 5.26 Å². The van der Waals surface area contributed by atoms with Crippen molar-refractivity contribution in [2.75, 3.05) is 38.9 Å². The highest BCUT2D eigenvalue weighted by Crippen LogP contribution is 2.37. The Balaban J connectivity index is 1.24. The van der Waals surface area contributed by atoms with E-state index in [1.807, 2.05) is 6.07 Å². The molecule has 18 nitrogen and oxygen atoms in total. The molecule has 0 spiro atoms. The van der Waals surface area contributed by atoms with E-state index < -0.39 is 65.9 Å². The van der Waals surface area contributed by atoms with Gasteiger partial charge in [-0.15, -0.1) is 0 Å². The molecule has 3 heterocycles. The molecule has 2 aliphatic rings. The second kappa shape index (κ2) is 17.7. The molecule has 1 amide bonds. The van der Waals surface area contributed by atoms with Crippen LogP contribution in [-0.4, -0.2) is 89.5 Å². The van der Waals surface area contributed by atoms with Gasteiger partial charge in [-0.2, -0.15) is 10.2 Å². The third kappa shape index (κ3) is 9.65. The molecular formula is C34H37N5O13. The number of carbonyl (C=O) groups is 2. The van der Waals surface area contributed by atoms with Gasteiger partial charge < -0.3 is 38.3 Å². The first-order valence-electron chi connectivity index (χ1n) is 16.3. The van der Waals surface area contributed by atoms with Crippen molar-refractivity contribution >= 4 is 23.8 Å². The summed E-state index contributed by atoms with van der Waals surface area (Å²) >= 11 is 0. The highest BCUT2D eigenvalue weighted by Gasteiger charge is 2.51. The number of aliphatic hydroxyl groups is 1. The Kier molecular flexibility index (Phi) is 12.8. The number of ether oxygens (including phenoxy) is 7. The van der Waals surface area contributed by atoms with Gasteiger partial charge in [0.25, 0.3) is 5.69 Å². The number of carbonyl (C=O) groups excluding carboxylic acids is 2. The number of aliphatic hydroxyl groups excluding tert-OH is 1. The van der Waals surface area contributed by atoms with E-state index in [4.69, 9.17) is 33.2 Å². The molecule has 2 fully saturated rings. The SMILES string of the molecule is COC1(O[C@@H]2[C@H](O)[C@@H](COC(=O)OC(CC#N)c3ccccc3)O[C@H]2n2ccc(NC(=O)OCCc3ccc([N+](=O)[O-])cc3)nc2=O)CCOCC1. The number of non-ortho nitro benzene ring substituents is 1. The predicted molar refractivity (Wildman–Crippen MR) is 177 cm³/mol. The standard InChI is InChI=1S/C34H37N5O13/c1-46-34(14-19-47-20-15-34)52-29-28(40)26(21-49-33(43)51-25(11-16-35)23-5-3-2-4-6-23)50-30(29)38-17-12-27(36-31(38)41)37-32(42)48-18-13-22-7-9-24(10-8-22)39(44)45/h2-10,12,17,25-26,28-30,40H,11,13-15,18-21H2,1H3,(H,36,37,41,42)/t25?,26-,28-,29-,30-/m1/s1. The zero-order chi connectivity index (χ0) is 37.1. The van der Waals surface area contributed by atoms with Gasteiger partial charge in [-0.3, -0.25) is 20.0 Å². The van der Waals surface area contributed by atoms with Crippen LogP contribution in [0.5, 0.6) is 0 Å². The fourth-order valence-corrected chi connectivity index (χ4v) is 5.65. The third-order valence-corrected chi connectivity index (χ3v) is 8.45. The maximum absolute atomic E-state index is 13.3. The molecule has 276 valence electrons. The Labute approximate surface area is 296 Å². The summed E-state index contributed by atoms with van der Waals surface area (Å²) in [7, 11) is 1.45. The average molecular weight is 724 g/mol. The summed E-state index contributed by atoms with van der Waals surface area (Å²) in [6.45, 7) is 0.0818. The van der Waals surface area contributed by atoms with Crippen molar-refractivity contribution in [2.45, 2.75) is 62.1 Å². The van der Waals surface area contributed by atoms with Gasteiger partial charge in [0, 0.05) is 44.7 Å². The zero-order valence-corrected chi connectivity index (χ0v) is 28.0. The Hall–Kier alpha value is -5.45. The Morgan fingerprint density at radius 1 is 1.15 bits per heavy atom. The lowest BCUT2D eigenvalue weighted by Crippen LogP contribution is -2.49. The van der Waals surface area contributed by atoms with E-state index in [0.29, 0.717) is 37.2 Å². The first-order valence-corrected chi connectivity index (χ1v) is 16.3. The van der Waals surface area contributed by atoms with E-state index in [1.165, 1.54) is 31.5 Å². The summed E-state index contributed by atoms with van der Waals surface area (Å²) in [4.78, 5) is 52.6. The van der Waals surface area contributed by atoms with Crippen LogP contribution in [0.2, 0.25) is 0 Å². The molecule has 5 rings (SSSR count). The molecule has 3 aromatic rings. The maximum Gasteiger partial charge on any atom is 0.509 e. The van der Waals surface area contributed by atoms with Crippen LogP contribution >= 0.6 is 0 Å². The number of hydrogen-bond donors (Lipinski definition) is 2. The first kappa shape index (κ1) is 37.8. The van der Waals surface area contributed by atoms with Gasteiger partial charge in [0.2, 0.25) is 0 Å². The van der Waals surface area contributed by atoms with Gasteiger partial charge in [-0.25, -0.2) is 14.4 Å². The third-order valence-electron chi connectivity index (χ3n) is 8.45. The largest absolute Gasteiger partial charge is 0.509 e. The number of methoxy groups -OCH3 is 1. The molecular weight excluding hydrogens is 686 g/mol. The molecule has 2 saturated heterocycles. The van der Waals surface area contributed by atoms with Crippen LogP contribution in [0.15, 0.2) is 71.7 Å². The topological polar surface area (TPSA) is 233 Å². The van der Waals surface area contributed by atoms with Crippen LogP contribution < -0.4 is 11.0 Å². The molecule has 0 saturated carbocycles. The molecule has 52 heavy (non-hydrogen) atoms. The monoisotopic (exact) mass is 723 g/mol. The number of rotatable bonds is 14. The van der Waals surface area contributed by atoms with Crippen molar-refractivity contribution in [2.24, 2.45) is 0 Å². The number of nitrogens with one attached hydrogen (secondary N) is 1. The molecule has 0 bridgehead atoms. The van der Waals surface area contributed by atoms with E-state index in [9.17, 15) is 34.9 Å². The highest BCUT2D eigenvalue weighted by atomic mass is 16.7. The van der Waals surface area contributed by atoms with Crippen molar-refractivity contribution < 1.29 is 52.8 Å². The summed E-state index contributed by atoms with van der Waals surface area (Å²) in [5.41, 5.74) is 0.362. The van der Waals surface area contributed by atoms with E-state index in [0.717, 1.165) is 4.57 Å². The molecule has 2 N–H and O–H groups in total. The Morgan fingerprint density at radius 3 is 2.54 bits per heavy atom. The minimum absolute atomic E-state index is 0.0535. The van der Waals surface area contributed by atoms with Gasteiger partial charge in [-0.05, 0) is 17.2 Å². The second-order valence-corrected chi connectivity index (χ2v) is 11.7. The number of nitro groups is 1. The fraction of sp³-hybridized carbons (Fsp3) is 0.441. The minimum atomic E-state index is -1.44. The summed E-state index contributed by atoms with van der Waals surface area (Å²) in [5, 5.41) is 33.8. The van der Waals surface area contributed by atoms with E-state index in [1.54, 1.807) is 42.5 Å². The van der Waals surface area contributed by atoms with E-state index >= 15 is 0 Å². The molecule has 1 unspecified atom stereocenters. The van der Waals surface area contributed by atoms with Crippen LogP contribution in [0.4, 0.5) is 21.1 Å². The lowest BCUT2D eigenvalue weighted by molar-refractivity contribution is -0.384. The number of amides is 1. The number of anilines is 1. The molecule has 5 atom stereocenters. The molecule has 0 aliphatic carbocycles. The van der Waals surface area contributed by atoms with Crippen molar-refractivity contribution in [3.05, 3.63) is 98.6 Å². The Morgan fingerprint density at radius 2 is 1.88 bits per heavy atom. The van der Waals surface area contributed by atoms with Gasteiger partial charge in [0.1, 0.15) is 36.8 Å². The molecule has 2 aliphatic heterocycles. The quantitative estimate of drug-likeness (QED) is 0.105. The lowest BCUT2D eigenvalue weighted by Gasteiger charge is -2.39. The number of nitrogens with zero attached hydrogens (tertiary/aromatic N) is 4. The second-order valence-electron chi connectivity index (χ2n) is 11.7. The van der Waals surface area contributed by atoms with E-state index in [2.05, 4.69) is 10.3 Å². The van der Waals surface area contributed by atoms with Crippen molar-refractivity contribution in [1.82, 2.24) is 9.55 Å². The van der Waals surface area contributed by atoms with Crippen LogP contribution in [-0.2, 0) is 39.6 Å². The lowest BCUT2D eigenvalue weighted by atomic mass is 10.1. The van der Waals surface area contributed by atoms with Gasteiger partial charge in [0.05, 0.1) is 37.2 Å². The maximum atomic E-state index is 13.3. The number of benzene rings is 2. The van der Waals surface area contributed by atoms with Gasteiger partial charge >= 0.3 is 17.9 Å². The summed E-state index contributed by atoms with van der Waals surface area (Å²) < 4.78 is 40.3. The first-order chi connectivity index (χ1) is 25.1. The van der Waals surface area contributed by atoms with Gasteiger partial charge in [0.15, 0.2) is 12.0 Å². The summed E-state index contributed by atoms with van der Waals surface area (Å²) in [6, 6.07) is 17.7. The van der Waals surface area contributed by atoms with E-state index in [-0.39, 0.29) is 31.0 Å². The molecule has 18 heteroatoms. The highest BCUT2D eigenvalue weighted by molar-refractivity contribution is 5.83.